The lowest BCUT2D eigenvalue weighted by Gasteiger charge is -2.23. The van der Waals surface area contributed by atoms with E-state index in [0.717, 1.165) is 12.3 Å². The van der Waals surface area contributed by atoms with Crippen molar-refractivity contribution < 1.29 is 18.0 Å². The average molecular weight is 315 g/mol. The molecule has 2 rings (SSSR count). The Bertz CT molecular complexity index is 552. The summed E-state index contributed by atoms with van der Waals surface area (Å²) >= 11 is 0. The van der Waals surface area contributed by atoms with Crippen LogP contribution in [0, 0.1) is 5.92 Å². The summed E-state index contributed by atoms with van der Waals surface area (Å²) in [5, 5.41) is 2.91. The maximum absolute atomic E-state index is 12.7. The molecular formula is C15H20F3N3O. The maximum atomic E-state index is 12.7. The first kappa shape index (κ1) is 16.6. The van der Waals surface area contributed by atoms with Crippen LogP contribution in [0.2, 0.25) is 0 Å². The number of carbonyl (C=O) groups excluding carboxylic acids is 1. The molecule has 22 heavy (non-hydrogen) atoms. The van der Waals surface area contributed by atoms with Crippen LogP contribution < -0.4 is 10.2 Å². The van der Waals surface area contributed by atoms with Crippen LogP contribution in [0.4, 0.5) is 18.9 Å². The van der Waals surface area contributed by atoms with E-state index >= 15 is 0 Å². The van der Waals surface area contributed by atoms with Gasteiger partial charge in [-0.15, -0.1) is 0 Å². The lowest BCUT2D eigenvalue weighted by Crippen LogP contribution is -2.44. The van der Waals surface area contributed by atoms with E-state index in [0.29, 0.717) is 25.2 Å². The molecule has 0 aliphatic carbocycles. The molecule has 0 bridgehead atoms. The summed E-state index contributed by atoms with van der Waals surface area (Å²) in [4.78, 5) is 17.3. The normalized spacial score (nSPS) is 19.4. The first-order valence-electron chi connectivity index (χ1n) is 7.16. The molecule has 4 nitrogen and oxygen atoms in total. The number of alkyl halides is 3. The van der Waals surface area contributed by atoms with Gasteiger partial charge < -0.3 is 10.2 Å². The van der Waals surface area contributed by atoms with E-state index in [-0.39, 0.29) is 17.4 Å². The lowest BCUT2D eigenvalue weighted by molar-refractivity contribution is -0.141. The molecule has 1 aliphatic rings. The van der Waals surface area contributed by atoms with E-state index < -0.39 is 11.9 Å². The Morgan fingerprint density at radius 2 is 2.05 bits per heavy atom. The largest absolute Gasteiger partial charge is 0.433 e. The van der Waals surface area contributed by atoms with Gasteiger partial charge in [0.05, 0.1) is 5.92 Å². The second-order valence-corrected chi connectivity index (χ2v) is 6.57. The third-order valence-corrected chi connectivity index (χ3v) is 3.46. The predicted octanol–water partition coefficient (Wildman–Crippen LogP) is 2.84. The van der Waals surface area contributed by atoms with Crippen molar-refractivity contribution in [2.24, 2.45) is 5.92 Å². The summed E-state index contributed by atoms with van der Waals surface area (Å²) in [5.74, 6) is -0.262. The Hall–Kier alpha value is -1.79. The van der Waals surface area contributed by atoms with Crippen LogP contribution in [-0.2, 0) is 11.0 Å². The molecule has 0 radical (unpaired) electrons. The van der Waals surface area contributed by atoms with E-state index in [4.69, 9.17) is 0 Å². The summed E-state index contributed by atoms with van der Waals surface area (Å²) in [7, 11) is 0. The fourth-order valence-electron chi connectivity index (χ4n) is 2.45. The maximum Gasteiger partial charge on any atom is 0.433 e. The highest BCUT2D eigenvalue weighted by molar-refractivity contribution is 5.80. The van der Waals surface area contributed by atoms with Gasteiger partial charge in [-0.25, -0.2) is 0 Å². The van der Waals surface area contributed by atoms with Crippen LogP contribution in [-0.4, -0.2) is 29.5 Å². The third-order valence-electron chi connectivity index (χ3n) is 3.46. The molecule has 0 aromatic carbocycles. The number of carbonyl (C=O) groups is 1. The number of hydrogen-bond acceptors (Lipinski definition) is 3. The zero-order valence-electron chi connectivity index (χ0n) is 12.9. The Morgan fingerprint density at radius 1 is 1.36 bits per heavy atom. The monoisotopic (exact) mass is 315 g/mol. The highest BCUT2D eigenvalue weighted by Gasteiger charge is 2.34. The molecule has 1 atom stereocenters. The van der Waals surface area contributed by atoms with Gasteiger partial charge in [0.1, 0.15) is 5.69 Å². The van der Waals surface area contributed by atoms with E-state index in [1.165, 1.54) is 0 Å². The number of aromatic nitrogens is 1. The fraction of sp³-hybridized carbons (Fsp3) is 0.600. The molecule has 1 aliphatic heterocycles. The Morgan fingerprint density at radius 3 is 2.64 bits per heavy atom. The number of pyridine rings is 1. The summed E-state index contributed by atoms with van der Waals surface area (Å²) < 4.78 is 38.1. The van der Waals surface area contributed by atoms with Crippen LogP contribution in [0.5, 0.6) is 0 Å². The van der Waals surface area contributed by atoms with Crippen molar-refractivity contribution in [2.45, 2.75) is 38.9 Å². The molecule has 1 saturated heterocycles. The number of halogens is 3. The molecule has 7 heteroatoms. The quantitative estimate of drug-likeness (QED) is 0.913. The fourth-order valence-corrected chi connectivity index (χ4v) is 2.45. The smallest absolute Gasteiger partial charge is 0.371 e. The van der Waals surface area contributed by atoms with Gasteiger partial charge in [0, 0.05) is 30.5 Å². The SMILES string of the molecule is CC(C)(C)NC(=O)C1CCN(c2ccnc(C(F)(F)F)c2)C1. The number of nitrogens with one attached hydrogen (secondary N) is 1. The van der Waals surface area contributed by atoms with Gasteiger partial charge >= 0.3 is 6.18 Å². The molecular weight excluding hydrogens is 295 g/mol. The van der Waals surface area contributed by atoms with Crippen LogP contribution in [0.25, 0.3) is 0 Å². The molecule has 0 saturated carbocycles. The molecule has 1 N–H and O–H groups in total. The first-order chi connectivity index (χ1) is 10.1. The molecule has 0 spiro atoms. The average Bonchev–Trinajstić information content (AvgIpc) is 2.85. The second-order valence-electron chi connectivity index (χ2n) is 6.57. The molecule has 1 aromatic rings. The van der Waals surface area contributed by atoms with Crippen molar-refractivity contribution in [3.8, 4) is 0 Å². The number of hydrogen-bond donors (Lipinski definition) is 1. The minimum Gasteiger partial charge on any atom is -0.371 e. The summed E-state index contributed by atoms with van der Waals surface area (Å²) in [6, 6.07) is 2.57. The van der Waals surface area contributed by atoms with Gasteiger partial charge in [-0.3, -0.25) is 9.78 Å². The summed E-state index contributed by atoms with van der Waals surface area (Å²) in [6.07, 6.45) is -2.68. The van der Waals surface area contributed by atoms with E-state index in [2.05, 4.69) is 10.3 Å². The van der Waals surface area contributed by atoms with E-state index in [1.54, 1.807) is 11.0 Å². The van der Waals surface area contributed by atoms with Crippen LogP contribution in [0.1, 0.15) is 32.9 Å². The number of rotatable bonds is 2. The highest BCUT2D eigenvalue weighted by atomic mass is 19.4. The Balaban J connectivity index is 2.06. The number of nitrogens with zero attached hydrogens (tertiary/aromatic N) is 2. The van der Waals surface area contributed by atoms with Crippen molar-refractivity contribution >= 4 is 11.6 Å². The first-order valence-corrected chi connectivity index (χ1v) is 7.16. The number of anilines is 1. The highest BCUT2D eigenvalue weighted by Crippen LogP contribution is 2.31. The number of amides is 1. The minimum atomic E-state index is -4.46. The molecule has 1 aromatic heterocycles. The predicted molar refractivity (Wildman–Crippen MR) is 77.5 cm³/mol. The zero-order chi connectivity index (χ0) is 16.5. The van der Waals surface area contributed by atoms with Crippen molar-refractivity contribution in [1.29, 1.82) is 0 Å². The van der Waals surface area contributed by atoms with Gasteiger partial charge in [-0.2, -0.15) is 13.2 Å². The molecule has 122 valence electrons. The summed E-state index contributed by atoms with van der Waals surface area (Å²) in [5.41, 5.74) is -0.772. The van der Waals surface area contributed by atoms with Crippen molar-refractivity contribution in [2.75, 3.05) is 18.0 Å². The van der Waals surface area contributed by atoms with Gasteiger partial charge in [0.25, 0.3) is 0 Å². The van der Waals surface area contributed by atoms with Crippen molar-refractivity contribution in [3.05, 3.63) is 24.0 Å². The Labute approximate surface area is 127 Å². The lowest BCUT2D eigenvalue weighted by atomic mass is 10.0. The third kappa shape index (κ3) is 4.11. The molecule has 1 amide bonds. The van der Waals surface area contributed by atoms with Crippen molar-refractivity contribution in [3.63, 3.8) is 0 Å². The second kappa shape index (κ2) is 5.78. The Kier molecular flexibility index (Phi) is 4.35. The topological polar surface area (TPSA) is 45.2 Å². The molecule has 1 unspecified atom stereocenters. The zero-order valence-corrected chi connectivity index (χ0v) is 12.9. The standard InChI is InChI=1S/C15H20F3N3O/c1-14(2,3)20-13(22)10-5-7-21(9-10)11-4-6-19-12(8-11)15(16,17)18/h4,6,8,10H,5,7,9H2,1-3H3,(H,20,22). The summed E-state index contributed by atoms with van der Waals surface area (Å²) in [6.45, 7) is 6.68. The minimum absolute atomic E-state index is 0.0555. The van der Waals surface area contributed by atoms with Crippen LogP contribution in [0.15, 0.2) is 18.3 Å². The van der Waals surface area contributed by atoms with Gasteiger partial charge in [0.15, 0.2) is 0 Å². The van der Waals surface area contributed by atoms with Gasteiger partial charge in [0.2, 0.25) is 5.91 Å². The van der Waals surface area contributed by atoms with Gasteiger partial charge in [-0.1, -0.05) is 0 Å². The molecule has 1 fully saturated rings. The van der Waals surface area contributed by atoms with Crippen molar-refractivity contribution in [1.82, 2.24) is 10.3 Å². The van der Waals surface area contributed by atoms with E-state index in [1.807, 2.05) is 20.8 Å². The molecule has 2 heterocycles. The van der Waals surface area contributed by atoms with Crippen LogP contribution >= 0.6 is 0 Å². The van der Waals surface area contributed by atoms with E-state index in [9.17, 15) is 18.0 Å². The van der Waals surface area contributed by atoms with Crippen LogP contribution in [0.3, 0.4) is 0 Å². The van der Waals surface area contributed by atoms with Gasteiger partial charge in [-0.05, 0) is 39.3 Å².